The fourth-order valence-corrected chi connectivity index (χ4v) is 1.58. The van der Waals surface area contributed by atoms with Crippen LogP contribution in [-0.4, -0.2) is 24.9 Å². The predicted molar refractivity (Wildman–Crippen MR) is 44.9 cm³/mol. The van der Waals surface area contributed by atoms with Crippen molar-refractivity contribution in [1.29, 1.82) is 0 Å². The van der Waals surface area contributed by atoms with Crippen molar-refractivity contribution in [3.05, 3.63) is 11.1 Å². The first-order chi connectivity index (χ1) is 6.00. The first kappa shape index (κ1) is 10.9. The second kappa shape index (κ2) is 3.52. The van der Waals surface area contributed by atoms with Crippen LogP contribution in [0.5, 0.6) is 0 Å². The molecule has 0 heterocycles. The van der Waals surface area contributed by atoms with E-state index in [2.05, 4.69) is 0 Å². The minimum absolute atomic E-state index is 0.0822. The predicted octanol–water partition coefficient (Wildman–Crippen LogP) is 2.53. The van der Waals surface area contributed by atoms with E-state index in [0.717, 1.165) is 0 Å². The fourth-order valence-electron chi connectivity index (χ4n) is 1.21. The molecule has 2 nitrogen and oxygen atoms in total. The van der Waals surface area contributed by atoms with Gasteiger partial charge in [0.25, 0.3) is 5.79 Å². The zero-order chi connectivity index (χ0) is 10.1. The maximum atomic E-state index is 13.1. The molecule has 0 aromatic heterocycles. The molecule has 0 spiro atoms. The molecule has 76 valence electrons. The quantitative estimate of drug-likeness (QED) is 0.667. The third kappa shape index (κ3) is 1.47. The number of ether oxygens (including phenoxy) is 2. The molecular weight excluding hydrogens is 202 g/mol. The Kier molecular flexibility index (Phi) is 2.95. The zero-order valence-corrected chi connectivity index (χ0v) is 8.20. The highest BCUT2D eigenvalue weighted by Gasteiger charge is 2.65. The van der Waals surface area contributed by atoms with Crippen LogP contribution >= 0.6 is 11.6 Å². The summed E-state index contributed by atoms with van der Waals surface area (Å²) in [6.07, 6.45) is 0.639. The molecule has 0 bridgehead atoms. The van der Waals surface area contributed by atoms with Gasteiger partial charge >= 0.3 is 5.92 Å². The summed E-state index contributed by atoms with van der Waals surface area (Å²) in [5, 5.41) is -0.0822. The van der Waals surface area contributed by atoms with Crippen molar-refractivity contribution in [2.45, 2.75) is 25.6 Å². The molecule has 0 aromatic carbocycles. The van der Waals surface area contributed by atoms with Crippen LogP contribution in [0.4, 0.5) is 8.78 Å². The number of hydrogen-bond acceptors (Lipinski definition) is 2. The van der Waals surface area contributed by atoms with Crippen LogP contribution < -0.4 is 0 Å². The monoisotopic (exact) mass is 212 g/mol. The van der Waals surface area contributed by atoms with Crippen LogP contribution in [0.1, 0.15) is 13.8 Å². The summed E-state index contributed by atoms with van der Waals surface area (Å²) >= 11 is 5.54. The molecule has 1 rings (SSSR count). The second-order valence-corrected chi connectivity index (χ2v) is 3.01. The molecule has 0 aliphatic heterocycles. The third-order valence-corrected chi connectivity index (χ3v) is 2.11. The Morgan fingerprint density at radius 2 is 1.77 bits per heavy atom. The molecule has 0 saturated carbocycles. The van der Waals surface area contributed by atoms with Gasteiger partial charge in [-0.3, -0.25) is 0 Å². The van der Waals surface area contributed by atoms with Gasteiger partial charge in [-0.1, -0.05) is 11.6 Å². The highest BCUT2D eigenvalue weighted by molar-refractivity contribution is 6.31. The van der Waals surface area contributed by atoms with Crippen molar-refractivity contribution in [3.63, 3.8) is 0 Å². The molecule has 0 unspecified atom stereocenters. The van der Waals surface area contributed by atoms with E-state index in [0.29, 0.717) is 6.08 Å². The molecule has 1 aliphatic carbocycles. The minimum atomic E-state index is -3.13. The lowest BCUT2D eigenvalue weighted by Gasteiger charge is -2.43. The summed E-state index contributed by atoms with van der Waals surface area (Å²) in [7, 11) is 0. The second-order valence-electron chi connectivity index (χ2n) is 2.60. The van der Waals surface area contributed by atoms with Gasteiger partial charge in [-0.25, -0.2) is 0 Å². The molecule has 0 fully saturated rings. The standard InChI is InChI=1S/C8H11ClF2O2/c1-3-12-8(13-4-2)6(9)5-7(8,10)11/h5H,3-4H2,1-2H3. The molecule has 13 heavy (non-hydrogen) atoms. The third-order valence-electron chi connectivity index (χ3n) is 1.76. The van der Waals surface area contributed by atoms with Gasteiger partial charge in [0, 0.05) is 19.3 Å². The molecule has 0 aromatic rings. The minimum Gasteiger partial charge on any atom is -0.341 e. The maximum Gasteiger partial charge on any atom is 0.326 e. The average molecular weight is 213 g/mol. The lowest BCUT2D eigenvalue weighted by Crippen LogP contribution is -2.58. The van der Waals surface area contributed by atoms with E-state index < -0.39 is 11.7 Å². The summed E-state index contributed by atoms with van der Waals surface area (Å²) < 4.78 is 35.9. The Labute approximate surface area is 80.5 Å². The molecule has 0 saturated heterocycles. The first-order valence-electron chi connectivity index (χ1n) is 4.04. The van der Waals surface area contributed by atoms with Gasteiger partial charge in [0.1, 0.15) is 0 Å². The van der Waals surface area contributed by atoms with Crippen molar-refractivity contribution < 1.29 is 18.3 Å². The Morgan fingerprint density at radius 1 is 1.31 bits per heavy atom. The van der Waals surface area contributed by atoms with Crippen LogP contribution in [0.2, 0.25) is 0 Å². The fraction of sp³-hybridized carbons (Fsp3) is 0.750. The Balaban J connectivity index is 2.86. The van der Waals surface area contributed by atoms with Gasteiger partial charge in [0.05, 0.1) is 5.03 Å². The topological polar surface area (TPSA) is 18.5 Å². The number of alkyl halides is 2. The largest absolute Gasteiger partial charge is 0.341 e. The van der Waals surface area contributed by atoms with Crippen molar-refractivity contribution >= 4 is 11.6 Å². The van der Waals surface area contributed by atoms with Gasteiger partial charge in [-0.15, -0.1) is 0 Å². The summed E-state index contributed by atoms with van der Waals surface area (Å²) in [5.41, 5.74) is 0. The van der Waals surface area contributed by atoms with E-state index in [1.54, 1.807) is 13.8 Å². The van der Waals surface area contributed by atoms with E-state index in [4.69, 9.17) is 21.1 Å². The highest BCUT2D eigenvalue weighted by Crippen LogP contribution is 2.50. The molecule has 1 aliphatic rings. The van der Waals surface area contributed by atoms with Crippen molar-refractivity contribution in [1.82, 2.24) is 0 Å². The number of halogens is 3. The smallest absolute Gasteiger partial charge is 0.326 e. The van der Waals surface area contributed by atoms with Crippen LogP contribution in [0.15, 0.2) is 11.1 Å². The summed E-state index contributed by atoms with van der Waals surface area (Å²) in [6, 6.07) is 0. The summed E-state index contributed by atoms with van der Waals surface area (Å²) in [6.45, 7) is 3.47. The van der Waals surface area contributed by atoms with E-state index in [-0.39, 0.29) is 18.2 Å². The Hall–Kier alpha value is -0.190. The van der Waals surface area contributed by atoms with Gasteiger partial charge in [0.15, 0.2) is 0 Å². The number of rotatable bonds is 4. The molecule has 0 amide bonds. The SMILES string of the molecule is CCOC1(OCC)C(Cl)=CC1(F)F. The van der Waals surface area contributed by atoms with E-state index in [1.807, 2.05) is 0 Å². The summed E-state index contributed by atoms with van der Waals surface area (Å²) in [4.78, 5) is 0. The number of hydrogen-bond donors (Lipinski definition) is 0. The van der Waals surface area contributed by atoms with Crippen molar-refractivity contribution in [2.75, 3.05) is 13.2 Å². The van der Waals surface area contributed by atoms with Crippen LogP contribution in [-0.2, 0) is 9.47 Å². The Bertz CT molecular complexity index is 222. The van der Waals surface area contributed by atoms with Crippen LogP contribution in [0.3, 0.4) is 0 Å². The van der Waals surface area contributed by atoms with Crippen molar-refractivity contribution in [3.8, 4) is 0 Å². The van der Waals surface area contributed by atoms with Gasteiger partial charge in [0.2, 0.25) is 0 Å². The zero-order valence-electron chi connectivity index (χ0n) is 7.44. The molecule has 0 radical (unpaired) electrons. The molecule has 0 N–H and O–H groups in total. The van der Waals surface area contributed by atoms with Gasteiger partial charge in [-0.05, 0) is 13.8 Å². The van der Waals surface area contributed by atoms with Gasteiger partial charge < -0.3 is 9.47 Å². The Morgan fingerprint density at radius 3 is 2.00 bits per heavy atom. The molecule has 5 heteroatoms. The molecule has 0 atom stereocenters. The summed E-state index contributed by atoms with van der Waals surface area (Å²) in [5.74, 6) is -5.16. The van der Waals surface area contributed by atoms with Crippen molar-refractivity contribution in [2.24, 2.45) is 0 Å². The van der Waals surface area contributed by atoms with E-state index >= 15 is 0 Å². The van der Waals surface area contributed by atoms with E-state index in [1.165, 1.54) is 0 Å². The molecular formula is C8H11ClF2O2. The van der Waals surface area contributed by atoms with Crippen LogP contribution in [0.25, 0.3) is 0 Å². The lowest BCUT2D eigenvalue weighted by atomic mass is 9.96. The first-order valence-corrected chi connectivity index (χ1v) is 4.42. The lowest BCUT2D eigenvalue weighted by molar-refractivity contribution is -0.310. The van der Waals surface area contributed by atoms with Crippen LogP contribution in [0, 0.1) is 0 Å². The maximum absolute atomic E-state index is 13.1. The van der Waals surface area contributed by atoms with Gasteiger partial charge in [-0.2, -0.15) is 8.78 Å². The average Bonchev–Trinajstić information content (AvgIpc) is 2.03. The normalized spacial score (nSPS) is 23.6. The highest BCUT2D eigenvalue weighted by atomic mass is 35.5. The van der Waals surface area contributed by atoms with E-state index in [9.17, 15) is 8.78 Å².